The summed E-state index contributed by atoms with van der Waals surface area (Å²) in [6, 6.07) is 17.1. The molecule has 0 N–H and O–H groups in total. The highest BCUT2D eigenvalue weighted by Crippen LogP contribution is 2.36. The lowest BCUT2D eigenvalue weighted by Crippen LogP contribution is -2.51. The van der Waals surface area contributed by atoms with E-state index in [4.69, 9.17) is 16.3 Å². The van der Waals surface area contributed by atoms with E-state index in [1.807, 2.05) is 54.4 Å². The van der Waals surface area contributed by atoms with E-state index in [-0.39, 0.29) is 24.1 Å². The first-order chi connectivity index (χ1) is 17.8. The molecule has 2 heterocycles. The lowest BCUT2D eigenvalue weighted by molar-refractivity contribution is -0.141. The Balaban J connectivity index is 1.44. The van der Waals surface area contributed by atoms with Gasteiger partial charge in [0.05, 0.1) is 6.61 Å². The minimum atomic E-state index is -0.512. The van der Waals surface area contributed by atoms with Crippen LogP contribution in [0.1, 0.15) is 44.1 Å². The van der Waals surface area contributed by atoms with Gasteiger partial charge in [-0.25, -0.2) is 0 Å². The minimum Gasteiger partial charge on any atom is -0.493 e. The maximum atomic E-state index is 13.4. The molecule has 2 aromatic carbocycles. The maximum Gasteiger partial charge on any atom is 0.224 e. The van der Waals surface area contributed by atoms with Crippen LogP contribution in [0.25, 0.3) is 0 Å². The molecule has 0 saturated carbocycles. The van der Waals surface area contributed by atoms with Gasteiger partial charge >= 0.3 is 0 Å². The molecule has 198 valence electrons. The van der Waals surface area contributed by atoms with Gasteiger partial charge in [0, 0.05) is 69.5 Å². The first-order valence-corrected chi connectivity index (χ1v) is 13.4. The summed E-state index contributed by atoms with van der Waals surface area (Å²) in [6.45, 7) is 3.12. The van der Waals surface area contributed by atoms with Crippen LogP contribution in [0.5, 0.6) is 5.75 Å². The summed E-state index contributed by atoms with van der Waals surface area (Å²) in [5, 5.41) is 0.585. The minimum absolute atomic E-state index is 0.0236. The van der Waals surface area contributed by atoms with E-state index < -0.39 is 5.41 Å². The maximum absolute atomic E-state index is 13.4. The summed E-state index contributed by atoms with van der Waals surface area (Å²) in [4.78, 5) is 43.9. The fourth-order valence-electron chi connectivity index (χ4n) is 5.26. The molecule has 8 heteroatoms. The highest BCUT2D eigenvalue weighted by atomic mass is 35.5. The number of carbonyl (C=O) groups excluding carboxylic acids is 3. The van der Waals surface area contributed by atoms with Gasteiger partial charge in [0.15, 0.2) is 0 Å². The summed E-state index contributed by atoms with van der Waals surface area (Å²) >= 11 is 6.15. The number of piperidine rings is 1. The number of ether oxygens (including phenoxy) is 1. The second kappa shape index (κ2) is 12.5. The van der Waals surface area contributed by atoms with Gasteiger partial charge in [-0.2, -0.15) is 0 Å². The number of benzene rings is 2. The summed E-state index contributed by atoms with van der Waals surface area (Å²) in [6.07, 6.45) is 3.60. The third-order valence-corrected chi connectivity index (χ3v) is 7.57. The van der Waals surface area contributed by atoms with Crippen LogP contribution in [0.2, 0.25) is 5.02 Å². The molecule has 0 bridgehead atoms. The lowest BCUT2D eigenvalue weighted by atomic mass is 9.77. The van der Waals surface area contributed by atoms with Crippen molar-refractivity contribution < 1.29 is 19.1 Å². The van der Waals surface area contributed by atoms with Crippen molar-refractivity contribution in [1.82, 2.24) is 14.7 Å². The molecule has 2 aliphatic heterocycles. The predicted molar refractivity (Wildman–Crippen MR) is 143 cm³/mol. The fourth-order valence-corrected chi connectivity index (χ4v) is 5.44. The van der Waals surface area contributed by atoms with Crippen LogP contribution >= 0.6 is 11.6 Å². The molecule has 0 aliphatic carbocycles. The van der Waals surface area contributed by atoms with Gasteiger partial charge in [0.2, 0.25) is 17.7 Å². The third kappa shape index (κ3) is 7.48. The second-order valence-electron chi connectivity index (χ2n) is 10.3. The van der Waals surface area contributed by atoms with E-state index in [0.29, 0.717) is 56.4 Å². The van der Waals surface area contributed by atoms with Crippen LogP contribution < -0.4 is 4.74 Å². The van der Waals surface area contributed by atoms with Gasteiger partial charge in [-0.1, -0.05) is 48.0 Å². The molecule has 7 nitrogen and oxygen atoms in total. The van der Waals surface area contributed by atoms with E-state index in [1.54, 1.807) is 21.9 Å². The van der Waals surface area contributed by atoms with E-state index in [9.17, 15) is 14.4 Å². The average molecular weight is 526 g/mol. The monoisotopic (exact) mass is 525 g/mol. The van der Waals surface area contributed by atoms with Crippen LogP contribution in [0, 0.1) is 5.41 Å². The molecular formula is C29H36ClN3O4. The average Bonchev–Trinajstić information content (AvgIpc) is 3.31. The molecule has 1 unspecified atom stereocenters. The first kappa shape index (κ1) is 27.0. The summed E-state index contributed by atoms with van der Waals surface area (Å²) < 4.78 is 6.17. The number of carbonyl (C=O) groups is 3. The third-order valence-electron chi connectivity index (χ3n) is 7.34. The van der Waals surface area contributed by atoms with Crippen molar-refractivity contribution in [1.29, 1.82) is 0 Å². The zero-order valence-corrected chi connectivity index (χ0v) is 22.3. The Morgan fingerprint density at radius 3 is 2.62 bits per heavy atom. The van der Waals surface area contributed by atoms with Gasteiger partial charge in [0.1, 0.15) is 5.75 Å². The number of nitrogens with zero attached hydrogens (tertiary/aromatic N) is 3. The van der Waals surface area contributed by atoms with Crippen molar-refractivity contribution in [2.24, 2.45) is 5.41 Å². The largest absolute Gasteiger partial charge is 0.493 e. The molecule has 4 rings (SSSR count). The number of hydrogen-bond donors (Lipinski definition) is 0. The van der Waals surface area contributed by atoms with Crippen molar-refractivity contribution in [3.8, 4) is 5.75 Å². The Labute approximate surface area is 224 Å². The Morgan fingerprint density at radius 2 is 1.89 bits per heavy atom. The van der Waals surface area contributed by atoms with Gasteiger partial charge < -0.3 is 19.4 Å². The second-order valence-corrected chi connectivity index (χ2v) is 10.7. The molecular weight excluding hydrogens is 490 g/mol. The molecule has 0 spiro atoms. The number of halogens is 1. The smallest absolute Gasteiger partial charge is 0.224 e. The highest BCUT2D eigenvalue weighted by molar-refractivity contribution is 6.30. The first-order valence-electron chi connectivity index (χ1n) is 13.1. The van der Waals surface area contributed by atoms with Crippen LogP contribution in [-0.4, -0.2) is 72.3 Å². The van der Waals surface area contributed by atoms with Crippen molar-refractivity contribution in [2.45, 2.75) is 45.1 Å². The highest BCUT2D eigenvalue weighted by Gasteiger charge is 2.40. The van der Waals surface area contributed by atoms with Gasteiger partial charge in [-0.05, 0) is 43.0 Å². The van der Waals surface area contributed by atoms with E-state index in [0.717, 1.165) is 31.4 Å². The zero-order chi connectivity index (χ0) is 26.3. The normalized spacial score (nSPS) is 19.7. The van der Waals surface area contributed by atoms with Gasteiger partial charge in [0.25, 0.3) is 0 Å². The van der Waals surface area contributed by atoms with Crippen molar-refractivity contribution in [2.75, 3.05) is 39.8 Å². The standard InChI is InChI=1S/C29H36ClN3O4/c1-31(20-23-8-3-2-4-9-23)28(36)19-29(22-37-25-11-5-10-24(30)18-25)14-7-16-33(21-29)27(35)13-17-32-15-6-12-26(32)34/h2-5,8-11,18H,6-7,12-17,19-22H2,1H3. The predicted octanol–water partition coefficient (Wildman–Crippen LogP) is 4.39. The zero-order valence-electron chi connectivity index (χ0n) is 21.5. The topological polar surface area (TPSA) is 70.2 Å². The molecule has 0 aromatic heterocycles. The van der Waals surface area contributed by atoms with Crippen LogP contribution in [0.3, 0.4) is 0 Å². The van der Waals surface area contributed by atoms with Crippen molar-refractivity contribution >= 4 is 29.3 Å². The number of hydrogen-bond acceptors (Lipinski definition) is 4. The van der Waals surface area contributed by atoms with Gasteiger partial charge in [-0.3, -0.25) is 14.4 Å². The molecule has 3 amide bonds. The Bertz CT molecular complexity index is 1100. The molecule has 2 aromatic rings. The molecule has 2 saturated heterocycles. The molecule has 0 radical (unpaired) electrons. The summed E-state index contributed by atoms with van der Waals surface area (Å²) in [5.74, 6) is 0.822. The number of amides is 3. The van der Waals surface area contributed by atoms with E-state index in [1.165, 1.54) is 0 Å². The SMILES string of the molecule is CN(Cc1ccccc1)C(=O)CC1(COc2cccc(Cl)c2)CCCN(C(=O)CCN2CCCC2=O)C1. The molecule has 2 fully saturated rings. The molecule has 1 atom stereocenters. The van der Waals surface area contributed by atoms with Crippen LogP contribution in [-0.2, 0) is 20.9 Å². The van der Waals surface area contributed by atoms with Crippen molar-refractivity contribution in [3.63, 3.8) is 0 Å². The van der Waals surface area contributed by atoms with E-state index >= 15 is 0 Å². The van der Waals surface area contributed by atoms with Gasteiger partial charge in [-0.15, -0.1) is 0 Å². The Hall–Kier alpha value is -3.06. The van der Waals surface area contributed by atoms with Crippen LogP contribution in [0.4, 0.5) is 0 Å². The molecule has 2 aliphatic rings. The van der Waals surface area contributed by atoms with E-state index in [2.05, 4.69) is 0 Å². The summed E-state index contributed by atoms with van der Waals surface area (Å²) in [5.41, 5.74) is 0.557. The lowest BCUT2D eigenvalue weighted by Gasteiger charge is -2.43. The summed E-state index contributed by atoms with van der Waals surface area (Å²) in [7, 11) is 1.82. The number of likely N-dealkylation sites (tertiary alicyclic amines) is 2. The quantitative estimate of drug-likeness (QED) is 0.461. The fraction of sp³-hybridized carbons (Fsp3) is 0.483. The van der Waals surface area contributed by atoms with Crippen LogP contribution in [0.15, 0.2) is 54.6 Å². The van der Waals surface area contributed by atoms with Crippen molar-refractivity contribution in [3.05, 3.63) is 65.2 Å². The Kier molecular flexibility index (Phi) is 9.09. The number of rotatable bonds is 10. The Morgan fingerprint density at radius 1 is 1.08 bits per heavy atom. The molecule has 37 heavy (non-hydrogen) atoms.